The van der Waals surface area contributed by atoms with Gasteiger partial charge in [-0.2, -0.15) is 0 Å². The van der Waals surface area contributed by atoms with E-state index in [1.165, 1.54) is 17.5 Å². The summed E-state index contributed by atoms with van der Waals surface area (Å²) < 4.78 is 0. The second-order valence-corrected chi connectivity index (χ2v) is 5.86. The van der Waals surface area contributed by atoms with Crippen LogP contribution in [-0.4, -0.2) is 23.5 Å². The highest BCUT2D eigenvalue weighted by Crippen LogP contribution is 2.32. The summed E-state index contributed by atoms with van der Waals surface area (Å²) in [5.41, 5.74) is 9.35. The largest absolute Gasteiger partial charge is 0.322 e. The van der Waals surface area contributed by atoms with E-state index in [0.29, 0.717) is 0 Å². The third-order valence-electron chi connectivity index (χ3n) is 4.72. The lowest BCUT2D eigenvalue weighted by molar-refractivity contribution is 0.0844. The summed E-state index contributed by atoms with van der Waals surface area (Å²) in [6.07, 6.45) is 3.38. The molecule has 1 aromatic rings. The first-order chi connectivity index (χ1) is 9.53. The lowest BCUT2D eigenvalue weighted by Gasteiger charge is -2.44. The number of hydrogen-bond acceptors (Lipinski definition) is 2. The van der Waals surface area contributed by atoms with E-state index in [1.54, 1.807) is 0 Å². The van der Waals surface area contributed by atoms with Crippen molar-refractivity contribution >= 4 is 0 Å². The van der Waals surface area contributed by atoms with E-state index in [0.717, 1.165) is 25.9 Å². The summed E-state index contributed by atoms with van der Waals surface area (Å²) >= 11 is 0. The minimum absolute atomic E-state index is 0.0222. The molecule has 1 rings (SSSR count). The van der Waals surface area contributed by atoms with Gasteiger partial charge < -0.3 is 5.73 Å². The molecule has 0 aliphatic rings. The Bertz CT molecular complexity index is 398. The lowest BCUT2D eigenvalue weighted by atomic mass is 9.83. The number of hydrogen-bond donors (Lipinski definition) is 1. The monoisotopic (exact) mass is 276 g/mol. The van der Waals surface area contributed by atoms with Gasteiger partial charge in [0.2, 0.25) is 0 Å². The van der Waals surface area contributed by atoms with Crippen molar-refractivity contribution in [1.29, 1.82) is 0 Å². The molecule has 2 unspecified atom stereocenters. The first-order valence-corrected chi connectivity index (χ1v) is 8.12. The molecule has 0 saturated heterocycles. The standard InChI is InChI=1S/C18H32N2/c1-6-11-15-12-10-13-16(14-15)17(19)18(5,7-2)20(8-3)9-4/h10,12-14,17H,6-9,11,19H2,1-5H3. The van der Waals surface area contributed by atoms with Gasteiger partial charge in [0.1, 0.15) is 0 Å². The maximum atomic E-state index is 6.66. The minimum atomic E-state index is 0.0222. The molecular weight excluding hydrogens is 244 g/mol. The van der Waals surface area contributed by atoms with Crippen molar-refractivity contribution in [3.63, 3.8) is 0 Å². The van der Waals surface area contributed by atoms with Crippen LogP contribution in [0.1, 0.15) is 64.6 Å². The van der Waals surface area contributed by atoms with Crippen LogP contribution in [0.4, 0.5) is 0 Å². The van der Waals surface area contributed by atoms with Crippen molar-refractivity contribution in [3.8, 4) is 0 Å². The van der Waals surface area contributed by atoms with Crippen LogP contribution in [0.25, 0.3) is 0 Å². The second kappa shape index (κ2) is 7.80. The molecule has 0 heterocycles. The molecule has 114 valence electrons. The van der Waals surface area contributed by atoms with Gasteiger partial charge in [0, 0.05) is 11.6 Å². The molecule has 0 aromatic heterocycles. The van der Waals surface area contributed by atoms with E-state index in [4.69, 9.17) is 5.73 Å². The zero-order valence-electron chi connectivity index (χ0n) is 13.9. The summed E-state index contributed by atoms with van der Waals surface area (Å²) in [6, 6.07) is 8.90. The van der Waals surface area contributed by atoms with Crippen LogP contribution in [0.15, 0.2) is 24.3 Å². The smallest absolute Gasteiger partial charge is 0.0479 e. The summed E-state index contributed by atoms with van der Waals surface area (Å²) in [5.74, 6) is 0. The number of benzene rings is 1. The third kappa shape index (κ3) is 3.62. The van der Waals surface area contributed by atoms with Crippen molar-refractivity contribution in [2.75, 3.05) is 13.1 Å². The van der Waals surface area contributed by atoms with Crippen molar-refractivity contribution in [2.24, 2.45) is 5.73 Å². The normalized spacial score (nSPS) is 16.1. The zero-order chi connectivity index (χ0) is 15.2. The van der Waals surface area contributed by atoms with Gasteiger partial charge in [-0.25, -0.2) is 0 Å². The summed E-state index contributed by atoms with van der Waals surface area (Å²) in [5, 5.41) is 0. The maximum absolute atomic E-state index is 6.66. The molecule has 2 N–H and O–H groups in total. The molecule has 2 heteroatoms. The molecule has 0 aliphatic heterocycles. The average molecular weight is 276 g/mol. The fourth-order valence-corrected chi connectivity index (χ4v) is 3.18. The van der Waals surface area contributed by atoms with Crippen LogP contribution in [0.2, 0.25) is 0 Å². The number of nitrogens with zero attached hydrogens (tertiary/aromatic N) is 1. The van der Waals surface area contributed by atoms with Gasteiger partial charge in [0.25, 0.3) is 0 Å². The summed E-state index contributed by atoms with van der Waals surface area (Å²) in [4.78, 5) is 2.49. The van der Waals surface area contributed by atoms with Crippen molar-refractivity contribution in [2.45, 2.75) is 65.5 Å². The SMILES string of the molecule is CCCc1cccc(C(N)C(C)(CC)N(CC)CC)c1. The molecule has 0 amide bonds. The number of rotatable bonds is 8. The molecule has 0 saturated carbocycles. The highest BCUT2D eigenvalue weighted by atomic mass is 15.2. The Morgan fingerprint density at radius 2 is 1.80 bits per heavy atom. The molecule has 0 bridgehead atoms. The van der Waals surface area contributed by atoms with Crippen molar-refractivity contribution in [1.82, 2.24) is 4.90 Å². The second-order valence-electron chi connectivity index (χ2n) is 5.86. The molecular formula is C18H32N2. The Balaban J connectivity index is 3.06. The van der Waals surface area contributed by atoms with Crippen LogP contribution in [0, 0.1) is 0 Å². The number of aryl methyl sites for hydroxylation is 1. The van der Waals surface area contributed by atoms with Crippen LogP contribution >= 0.6 is 0 Å². The Kier molecular flexibility index (Phi) is 6.70. The average Bonchev–Trinajstić information content (AvgIpc) is 2.48. The van der Waals surface area contributed by atoms with E-state index in [2.05, 4.69) is 63.8 Å². The molecule has 2 atom stereocenters. The molecule has 2 nitrogen and oxygen atoms in total. The Labute approximate surface area is 125 Å². The highest BCUT2D eigenvalue weighted by Gasteiger charge is 2.35. The van der Waals surface area contributed by atoms with Gasteiger partial charge in [0.05, 0.1) is 0 Å². The fraction of sp³-hybridized carbons (Fsp3) is 0.667. The van der Waals surface area contributed by atoms with Crippen LogP contribution in [0.3, 0.4) is 0 Å². The van der Waals surface area contributed by atoms with E-state index in [9.17, 15) is 0 Å². The Morgan fingerprint density at radius 3 is 2.30 bits per heavy atom. The molecule has 1 aromatic carbocycles. The first kappa shape index (κ1) is 17.2. The third-order valence-corrected chi connectivity index (χ3v) is 4.72. The molecule has 0 fully saturated rings. The first-order valence-electron chi connectivity index (χ1n) is 8.12. The molecule has 0 aliphatic carbocycles. The minimum Gasteiger partial charge on any atom is -0.322 e. The van der Waals surface area contributed by atoms with Crippen molar-refractivity contribution < 1.29 is 0 Å². The maximum Gasteiger partial charge on any atom is 0.0479 e. The Morgan fingerprint density at radius 1 is 1.15 bits per heavy atom. The summed E-state index contributed by atoms with van der Waals surface area (Å²) in [7, 11) is 0. The van der Waals surface area contributed by atoms with Gasteiger partial charge in [-0.15, -0.1) is 0 Å². The summed E-state index contributed by atoms with van der Waals surface area (Å²) in [6.45, 7) is 13.3. The molecule has 0 radical (unpaired) electrons. The van der Waals surface area contributed by atoms with Crippen LogP contribution in [-0.2, 0) is 6.42 Å². The highest BCUT2D eigenvalue weighted by molar-refractivity contribution is 5.28. The van der Waals surface area contributed by atoms with E-state index in [-0.39, 0.29) is 11.6 Å². The predicted molar refractivity (Wildman–Crippen MR) is 89.0 cm³/mol. The van der Waals surface area contributed by atoms with Gasteiger partial charge in [-0.3, -0.25) is 4.90 Å². The van der Waals surface area contributed by atoms with E-state index >= 15 is 0 Å². The van der Waals surface area contributed by atoms with Gasteiger partial charge in [0.15, 0.2) is 0 Å². The number of nitrogens with two attached hydrogens (primary N) is 1. The Hall–Kier alpha value is -0.860. The lowest BCUT2D eigenvalue weighted by Crippen LogP contribution is -2.53. The zero-order valence-corrected chi connectivity index (χ0v) is 13.9. The van der Waals surface area contributed by atoms with Gasteiger partial charge in [-0.05, 0) is 44.0 Å². The quantitative estimate of drug-likeness (QED) is 0.773. The fourth-order valence-electron chi connectivity index (χ4n) is 3.18. The van der Waals surface area contributed by atoms with Crippen molar-refractivity contribution in [3.05, 3.63) is 35.4 Å². The van der Waals surface area contributed by atoms with Gasteiger partial charge >= 0.3 is 0 Å². The van der Waals surface area contributed by atoms with Crippen LogP contribution < -0.4 is 5.73 Å². The van der Waals surface area contributed by atoms with E-state index < -0.39 is 0 Å². The molecule has 20 heavy (non-hydrogen) atoms. The topological polar surface area (TPSA) is 29.3 Å². The van der Waals surface area contributed by atoms with Crippen LogP contribution in [0.5, 0.6) is 0 Å². The molecule has 0 spiro atoms. The number of likely N-dealkylation sites (N-methyl/N-ethyl adjacent to an activating group) is 1. The predicted octanol–water partition coefficient (Wildman–Crippen LogP) is 4.15. The van der Waals surface area contributed by atoms with Gasteiger partial charge in [-0.1, -0.05) is 58.4 Å². The van der Waals surface area contributed by atoms with E-state index in [1.807, 2.05) is 0 Å².